The summed E-state index contributed by atoms with van der Waals surface area (Å²) < 4.78 is 0. The quantitative estimate of drug-likeness (QED) is 0.183. The van der Waals surface area contributed by atoms with E-state index in [1.54, 1.807) is 0 Å². The molecule has 5 aromatic carbocycles. The predicted octanol–water partition coefficient (Wildman–Crippen LogP) is 13.7. The van der Waals surface area contributed by atoms with Gasteiger partial charge in [-0.2, -0.15) is 0 Å². The molecule has 5 aromatic rings. The molecule has 0 fully saturated rings. The van der Waals surface area contributed by atoms with Gasteiger partial charge in [0.05, 0.1) is 5.69 Å². The molecule has 0 atom stereocenters. The number of anilines is 4. The highest BCUT2D eigenvalue weighted by atomic mass is 15.2. The second kappa shape index (κ2) is 15.8. The van der Waals surface area contributed by atoms with Crippen LogP contribution in [0.15, 0.2) is 193 Å². The van der Waals surface area contributed by atoms with E-state index in [-0.39, 0.29) is 0 Å². The Kier molecular flexibility index (Phi) is 10.5. The molecule has 0 N–H and O–H groups in total. The topological polar surface area (TPSA) is 6.48 Å². The third-order valence-corrected chi connectivity index (χ3v) is 9.75. The van der Waals surface area contributed by atoms with E-state index >= 15 is 0 Å². The van der Waals surface area contributed by atoms with Crippen molar-refractivity contribution in [3.8, 4) is 11.1 Å². The molecule has 2 aliphatic carbocycles. The molecule has 0 bridgehead atoms. The molecule has 0 saturated heterocycles. The van der Waals surface area contributed by atoms with Crippen LogP contribution in [0.5, 0.6) is 0 Å². The lowest BCUT2D eigenvalue weighted by molar-refractivity contribution is 1.01. The van der Waals surface area contributed by atoms with Crippen LogP contribution in [0.3, 0.4) is 0 Å². The molecule has 0 spiro atoms. The van der Waals surface area contributed by atoms with Crippen molar-refractivity contribution in [1.29, 1.82) is 0 Å². The molecule has 8 rings (SSSR count). The molecule has 0 saturated carbocycles. The Labute approximate surface area is 309 Å². The van der Waals surface area contributed by atoms with E-state index in [9.17, 15) is 0 Å². The third-order valence-electron chi connectivity index (χ3n) is 9.75. The summed E-state index contributed by atoms with van der Waals surface area (Å²) in [5, 5.41) is 2.49. The minimum absolute atomic E-state index is 0.763. The van der Waals surface area contributed by atoms with Crippen molar-refractivity contribution in [3.63, 3.8) is 0 Å². The van der Waals surface area contributed by atoms with Crippen LogP contribution in [0.25, 0.3) is 28.0 Å². The van der Waals surface area contributed by atoms with Gasteiger partial charge in [-0.1, -0.05) is 166 Å². The Bertz CT molecular complexity index is 2290. The highest BCUT2D eigenvalue weighted by Gasteiger charge is 2.25. The van der Waals surface area contributed by atoms with Crippen molar-refractivity contribution in [2.45, 2.75) is 33.6 Å². The fourth-order valence-corrected chi connectivity index (χ4v) is 7.35. The summed E-state index contributed by atoms with van der Waals surface area (Å²) in [5.74, 6) is 0. The molecular weight excluding hydrogens is 629 g/mol. The van der Waals surface area contributed by atoms with Crippen molar-refractivity contribution in [3.05, 3.63) is 210 Å². The molecule has 0 amide bonds. The Morgan fingerprint density at radius 3 is 2.13 bits per heavy atom. The van der Waals surface area contributed by atoms with E-state index in [0.717, 1.165) is 47.6 Å². The van der Waals surface area contributed by atoms with E-state index in [1.165, 1.54) is 50.0 Å². The minimum Gasteiger partial charge on any atom is -0.337 e. The molecule has 52 heavy (non-hydrogen) atoms. The van der Waals surface area contributed by atoms with E-state index in [0.29, 0.717) is 0 Å². The average molecular weight is 675 g/mol. The lowest BCUT2D eigenvalue weighted by atomic mass is 9.86. The van der Waals surface area contributed by atoms with Crippen LogP contribution in [0.2, 0.25) is 0 Å². The zero-order chi connectivity index (χ0) is 35.9. The van der Waals surface area contributed by atoms with Crippen LogP contribution in [0, 0.1) is 6.92 Å². The lowest BCUT2D eigenvalue weighted by Gasteiger charge is -2.32. The number of fused-ring (bicyclic) bond motifs is 3. The highest BCUT2D eigenvalue weighted by molar-refractivity contribution is 6.11. The maximum atomic E-state index is 4.41. The number of nitrogens with zero attached hydrogens (tertiary/aromatic N) is 2. The van der Waals surface area contributed by atoms with Gasteiger partial charge in [-0.05, 0) is 83.8 Å². The maximum absolute atomic E-state index is 4.41. The van der Waals surface area contributed by atoms with E-state index in [1.807, 2.05) is 13.8 Å². The number of rotatable bonds is 5. The van der Waals surface area contributed by atoms with Gasteiger partial charge in [0.1, 0.15) is 0 Å². The molecule has 2 nitrogen and oxygen atoms in total. The molecule has 256 valence electrons. The van der Waals surface area contributed by atoms with Crippen LogP contribution in [0.4, 0.5) is 22.7 Å². The van der Waals surface area contributed by atoms with Crippen LogP contribution in [-0.4, -0.2) is 6.54 Å². The number of hydrogen-bond acceptors (Lipinski definition) is 2. The summed E-state index contributed by atoms with van der Waals surface area (Å²) in [7, 11) is 0. The first-order valence-electron chi connectivity index (χ1n) is 18.5. The van der Waals surface area contributed by atoms with Crippen molar-refractivity contribution >= 4 is 39.6 Å². The Balaban J connectivity index is 0.00000207. The molecule has 3 aliphatic rings. The van der Waals surface area contributed by atoms with E-state index < -0.39 is 0 Å². The predicted molar refractivity (Wildman–Crippen MR) is 227 cm³/mol. The smallest absolute Gasteiger partial charge is 0.0615 e. The minimum atomic E-state index is 0.763. The number of aryl methyl sites for hydroxylation is 1. The first-order valence-corrected chi connectivity index (χ1v) is 18.5. The van der Waals surface area contributed by atoms with Gasteiger partial charge in [0.2, 0.25) is 0 Å². The molecule has 1 heterocycles. The number of allylic oxidation sites excluding steroid dienone is 11. The SMILES string of the molecule is C=C1/C=C\C=C/CN(c2ccc(N(c3ccccc3)c3c4c(c(-c5ccc(C)cc5)c5ccccc35)CC=CC=C4)cc2)C2=CCC=CC=C12.CC. The molecule has 2 heteroatoms. The number of benzene rings is 5. The van der Waals surface area contributed by atoms with Gasteiger partial charge in [0, 0.05) is 45.8 Å². The van der Waals surface area contributed by atoms with Gasteiger partial charge >= 0.3 is 0 Å². The summed E-state index contributed by atoms with van der Waals surface area (Å²) in [5.41, 5.74) is 14.3. The molecular formula is C50H46N2. The second-order valence-corrected chi connectivity index (χ2v) is 13.0. The van der Waals surface area contributed by atoms with Gasteiger partial charge in [-0.3, -0.25) is 0 Å². The van der Waals surface area contributed by atoms with Gasteiger partial charge in [-0.15, -0.1) is 0 Å². The summed E-state index contributed by atoms with van der Waals surface area (Å²) >= 11 is 0. The fourth-order valence-electron chi connectivity index (χ4n) is 7.35. The second-order valence-electron chi connectivity index (χ2n) is 13.0. The van der Waals surface area contributed by atoms with Crippen molar-refractivity contribution < 1.29 is 0 Å². The van der Waals surface area contributed by atoms with Crippen LogP contribution in [0.1, 0.15) is 37.0 Å². The van der Waals surface area contributed by atoms with Gasteiger partial charge < -0.3 is 9.80 Å². The molecule has 0 unspecified atom stereocenters. The first kappa shape index (κ1) is 34.3. The standard InChI is InChI=1S/C48H40N2.C2H6/c1-35-26-28-37(29-27-35)47-42-21-11-4-12-23-44(42)48(45-24-15-14-22-43(45)47)50(39-18-8-3-9-19-39)40-32-30-38(31-33-40)49-34-16-6-7-17-36(2)41-20-10-5-13-25-46(41)49;1-2/h3-12,14-20,22-33H,2,13,21,34H2,1H3;1-2H3/b16-6-,17-7-;. The number of para-hydroxylation sites is 1. The number of hydrogen-bond donors (Lipinski definition) is 0. The fraction of sp³-hybridized carbons (Fsp3) is 0.120. The normalized spacial score (nSPS) is 16.1. The molecule has 1 aliphatic heterocycles. The average Bonchev–Trinajstić information content (AvgIpc) is 3.57. The van der Waals surface area contributed by atoms with Crippen LogP contribution in [-0.2, 0) is 6.42 Å². The Morgan fingerprint density at radius 1 is 0.654 bits per heavy atom. The summed E-state index contributed by atoms with van der Waals surface area (Å²) in [6, 6.07) is 37.8. The van der Waals surface area contributed by atoms with Crippen molar-refractivity contribution in [2.24, 2.45) is 0 Å². The van der Waals surface area contributed by atoms with E-state index in [2.05, 4.69) is 199 Å². The van der Waals surface area contributed by atoms with E-state index in [4.69, 9.17) is 0 Å². The first-order chi connectivity index (χ1) is 25.7. The van der Waals surface area contributed by atoms with Crippen molar-refractivity contribution in [1.82, 2.24) is 0 Å². The molecule has 0 radical (unpaired) electrons. The summed E-state index contributed by atoms with van der Waals surface area (Å²) in [6.07, 6.45) is 28.1. The van der Waals surface area contributed by atoms with Crippen LogP contribution < -0.4 is 9.80 Å². The Hall–Kier alpha value is -6.12. The zero-order valence-corrected chi connectivity index (χ0v) is 30.5. The zero-order valence-electron chi connectivity index (χ0n) is 30.5. The van der Waals surface area contributed by atoms with Gasteiger partial charge in [0.25, 0.3) is 0 Å². The van der Waals surface area contributed by atoms with Gasteiger partial charge in [-0.25, -0.2) is 0 Å². The Morgan fingerprint density at radius 2 is 1.35 bits per heavy atom. The monoisotopic (exact) mass is 674 g/mol. The highest BCUT2D eigenvalue weighted by Crippen LogP contribution is 2.48. The summed E-state index contributed by atoms with van der Waals surface area (Å²) in [6.45, 7) is 11.3. The largest absolute Gasteiger partial charge is 0.337 e. The lowest BCUT2D eigenvalue weighted by Crippen LogP contribution is -2.24. The maximum Gasteiger partial charge on any atom is 0.0615 e. The van der Waals surface area contributed by atoms with Crippen molar-refractivity contribution in [2.75, 3.05) is 16.3 Å². The van der Waals surface area contributed by atoms with Crippen LogP contribution >= 0.6 is 0 Å². The summed E-state index contributed by atoms with van der Waals surface area (Å²) in [4.78, 5) is 4.85. The van der Waals surface area contributed by atoms with Gasteiger partial charge in [0.15, 0.2) is 0 Å². The third kappa shape index (κ3) is 6.81. The molecule has 0 aromatic heterocycles.